The molecular formula is C9H11ClF3N3O2S. The maximum atomic E-state index is 12.4. The van der Waals surface area contributed by atoms with Gasteiger partial charge < -0.3 is 5.32 Å². The molecule has 0 aliphatic heterocycles. The number of sulfone groups is 1. The molecule has 0 saturated heterocycles. The summed E-state index contributed by atoms with van der Waals surface area (Å²) in [5.74, 6) is -1.80. The van der Waals surface area contributed by atoms with Gasteiger partial charge in [-0.25, -0.2) is 18.4 Å². The lowest BCUT2D eigenvalue weighted by Gasteiger charge is -2.14. The first kappa shape index (κ1) is 16.0. The van der Waals surface area contributed by atoms with Crippen molar-refractivity contribution >= 4 is 27.3 Å². The molecule has 1 aromatic heterocycles. The molecular weight excluding hydrogens is 307 g/mol. The molecule has 0 saturated carbocycles. The van der Waals surface area contributed by atoms with E-state index in [2.05, 4.69) is 15.3 Å². The van der Waals surface area contributed by atoms with E-state index in [4.69, 9.17) is 11.6 Å². The zero-order valence-electron chi connectivity index (χ0n) is 9.99. The average Bonchev–Trinajstić information content (AvgIpc) is 2.11. The number of anilines is 1. The van der Waals surface area contributed by atoms with Crippen molar-refractivity contribution in [3.8, 4) is 0 Å². The van der Waals surface area contributed by atoms with Crippen molar-refractivity contribution in [1.82, 2.24) is 9.97 Å². The van der Waals surface area contributed by atoms with Gasteiger partial charge in [-0.3, -0.25) is 0 Å². The summed E-state index contributed by atoms with van der Waals surface area (Å²) in [6.07, 6.45) is -3.69. The number of hydrogen-bond donors (Lipinski definition) is 1. The van der Waals surface area contributed by atoms with Crippen LogP contribution in [-0.4, -0.2) is 36.4 Å². The normalized spacial score (nSPS) is 14.2. The highest BCUT2D eigenvalue weighted by Crippen LogP contribution is 2.28. The summed E-state index contributed by atoms with van der Waals surface area (Å²) in [4.78, 5) is 6.31. The van der Waals surface area contributed by atoms with Gasteiger partial charge in [0.05, 0.1) is 5.75 Å². The number of alkyl halides is 3. The Morgan fingerprint density at radius 3 is 2.47 bits per heavy atom. The lowest BCUT2D eigenvalue weighted by molar-refractivity contribution is -0.144. The van der Waals surface area contributed by atoms with E-state index < -0.39 is 27.9 Å². The van der Waals surface area contributed by atoms with Crippen molar-refractivity contribution in [2.24, 2.45) is 0 Å². The average molecular weight is 318 g/mol. The summed E-state index contributed by atoms with van der Waals surface area (Å²) >= 11 is 5.46. The molecule has 0 aliphatic rings. The zero-order chi connectivity index (χ0) is 14.8. The van der Waals surface area contributed by atoms with Gasteiger partial charge in [0, 0.05) is 18.4 Å². The number of aromatic nitrogens is 2. The smallest absolute Gasteiger partial charge is 0.366 e. The third-order valence-corrected chi connectivity index (χ3v) is 3.19. The Labute approximate surface area is 113 Å². The van der Waals surface area contributed by atoms with Gasteiger partial charge in [-0.05, 0) is 6.92 Å². The third-order valence-electron chi connectivity index (χ3n) is 1.90. The molecule has 19 heavy (non-hydrogen) atoms. The Bertz CT molecular complexity index is 562. The quantitative estimate of drug-likeness (QED) is 0.860. The summed E-state index contributed by atoms with van der Waals surface area (Å²) in [6, 6.07) is 0.484. The molecule has 0 spiro atoms. The summed E-state index contributed by atoms with van der Waals surface area (Å²) in [5.41, 5.74) is 0. The molecule has 1 heterocycles. The summed E-state index contributed by atoms with van der Waals surface area (Å²) < 4.78 is 59.4. The molecule has 0 aliphatic carbocycles. The van der Waals surface area contributed by atoms with Gasteiger partial charge in [-0.15, -0.1) is 0 Å². The molecule has 0 fully saturated rings. The van der Waals surface area contributed by atoms with E-state index in [1.165, 1.54) is 6.92 Å². The maximum absolute atomic E-state index is 12.4. The SMILES string of the molecule is CC(CS(C)(=O)=O)Nc1cc(Cl)nc(C(F)(F)F)n1. The van der Waals surface area contributed by atoms with Crippen LogP contribution in [0.4, 0.5) is 19.0 Å². The Balaban J connectivity index is 2.93. The monoisotopic (exact) mass is 317 g/mol. The van der Waals surface area contributed by atoms with Gasteiger partial charge in [0.25, 0.3) is 0 Å². The maximum Gasteiger partial charge on any atom is 0.451 e. The summed E-state index contributed by atoms with van der Waals surface area (Å²) in [7, 11) is -3.25. The number of hydrogen-bond acceptors (Lipinski definition) is 5. The van der Waals surface area contributed by atoms with Crippen LogP contribution < -0.4 is 5.32 Å². The second-order valence-corrected chi connectivity index (χ2v) is 6.61. The fraction of sp³-hybridized carbons (Fsp3) is 0.556. The van der Waals surface area contributed by atoms with E-state index in [-0.39, 0.29) is 16.7 Å². The van der Waals surface area contributed by atoms with E-state index in [0.717, 1.165) is 12.3 Å². The molecule has 0 radical (unpaired) electrons. The Kier molecular flexibility index (Phi) is 4.62. The highest BCUT2D eigenvalue weighted by atomic mass is 35.5. The number of rotatable bonds is 4. The van der Waals surface area contributed by atoms with Crippen LogP contribution in [-0.2, 0) is 16.0 Å². The van der Waals surface area contributed by atoms with Crippen LogP contribution in [0.1, 0.15) is 12.7 Å². The highest BCUT2D eigenvalue weighted by molar-refractivity contribution is 7.90. The molecule has 0 amide bonds. The minimum atomic E-state index is -4.72. The van der Waals surface area contributed by atoms with Crippen molar-refractivity contribution in [2.45, 2.75) is 19.1 Å². The number of nitrogens with zero attached hydrogens (tertiary/aromatic N) is 2. The minimum Gasteiger partial charge on any atom is -0.366 e. The molecule has 0 bridgehead atoms. The van der Waals surface area contributed by atoms with Gasteiger partial charge >= 0.3 is 6.18 Å². The molecule has 0 aromatic carbocycles. The molecule has 1 aromatic rings. The van der Waals surface area contributed by atoms with Crippen molar-refractivity contribution in [1.29, 1.82) is 0 Å². The second kappa shape index (κ2) is 5.49. The number of halogens is 4. The molecule has 1 unspecified atom stereocenters. The zero-order valence-corrected chi connectivity index (χ0v) is 11.6. The fourth-order valence-corrected chi connectivity index (χ4v) is 2.54. The second-order valence-electron chi connectivity index (χ2n) is 4.04. The fourth-order valence-electron chi connectivity index (χ4n) is 1.37. The summed E-state index contributed by atoms with van der Waals surface area (Å²) in [5, 5.41) is 2.16. The van der Waals surface area contributed by atoms with Crippen LogP contribution in [0.15, 0.2) is 6.07 Å². The van der Waals surface area contributed by atoms with Crippen molar-refractivity contribution in [3.05, 3.63) is 17.0 Å². The van der Waals surface area contributed by atoms with Crippen LogP contribution in [0.5, 0.6) is 0 Å². The van der Waals surface area contributed by atoms with E-state index >= 15 is 0 Å². The first-order valence-corrected chi connectivity index (χ1v) is 7.47. The van der Waals surface area contributed by atoms with Crippen LogP contribution in [0, 0.1) is 0 Å². The predicted molar refractivity (Wildman–Crippen MR) is 64.8 cm³/mol. The lowest BCUT2D eigenvalue weighted by Crippen LogP contribution is -2.26. The van der Waals surface area contributed by atoms with Crippen LogP contribution in [0.25, 0.3) is 0 Å². The Hall–Kier alpha value is -1.09. The largest absolute Gasteiger partial charge is 0.451 e. The van der Waals surface area contributed by atoms with Gasteiger partial charge in [0.15, 0.2) is 0 Å². The van der Waals surface area contributed by atoms with E-state index in [1.54, 1.807) is 0 Å². The Morgan fingerprint density at radius 2 is 2.00 bits per heavy atom. The molecule has 1 N–H and O–H groups in total. The first-order valence-electron chi connectivity index (χ1n) is 5.03. The highest BCUT2D eigenvalue weighted by Gasteiger charge is 2.35. The molecule has 1 rings (SSSR count). The molecule has 108 valence electrons. The standard InChI is InChI=1S/C9H11ClF3N3O2S/c1-5(4-19(2,17)18)14-7-3-6(10)15-8(16-7)9(11,12)13/h3,5H,4H2,1-2H3,(H,14,15,16). The topological polar surface area (TPSA) is 72.0 Å². The lowest BCUT2D eigenvalue weighted by atomic mass is 10.4. The van der Waals surface area contributed by atoms with Crippen LogP contribution in [0.3, 0.4) is 0 Å². The number of nitrogens with one attached hydrogen (secondary N) is 1. The third kappa shape index (κ3) is 5.60. The summed E-state index contributed by atoms with van der Waals surface area (Å²) in [6.45, 7) is 1.50. The van der Waals surface area contributed by atoms with Gasteiger partial charge in [0.2, 0.25) is 5.82 Å². The van der Waals surface area contributed by atoms with Crippen molar-refractivity contribution in [2.75, 3.05) is 17.3 Å². The first-order chi connectivity index (χ1) is 8.47. The molecule has 1 atom stereocenters. The van der Waals surface area contributed by atoms with E-state index in [1.807, 2.05) is 0 Å². The molecule has 5 nitrogen and oxygen atoms in total. The van der Waals surface area contributed by atoms with Gasteiger partial charge in [-0.1, -0.05) is 11.6 Å². The predicted octanol–water partition coefficient (Wildman–Crippen LogP) is 1.99. The van der Waals surface area contributed by atoms with E-state index in [9.17, 15) is 21.6 Å². The van der Waals surface area contributed by atoms with Crippen molar-refractivity contribution < 1.29 is 21.6 Å². The van der Waals surface area contributed by atoms with E-state index in [0.29, 0.717) is 0 Å². The van der Waals surface area contributed by atoms with Gasteiger partial charge in [0.1, 0.15) is 20.8 Å². The minimum absolute atomic E-state index is 0.177. The van der Waals surface area contributed by atoms with Crippen LogP contribution >= 0.6 is 11.6 Å². The Morgan fingerprint density at radius 1 is 1.42 bits per heavy atom. The van der Waals surface area contributed by atoms with Crippen molar-refractivity contribution in [3.63, 3.8) is 0 Å². The molecule has 10 heteroatoms. The van der Waals surface area contributed by atoms with Gasteiger partial charge in [-0.2, -0.15) is 13.2 Å². The van der Waals surface area contributed by atoms with Crippen LogP contribution in [0.2, 0.25) is 5.15 Å².